The number of hydrogen-bond donors (Lipinski definition) is 1. The molecule has 1 aromatic carbocycles. The molecule has 5 heteroatoms. The van der Waals surface area contributed by atoms with Crippen LogP contribution in [0.15, 0.2) is 24.4 Å². The minimum atomic E-state index is 0.244. The van der Waals surface area contributed by atoms with Crippen LogP contribution in [0.5, 0.6) is 5.75 Å². The van der Waals surface area contributed by atoms with Crippen molar-refractivity contribution in [2.24, 2.45) is 0 Å². The van der Waals surface area contributed by atoms with E-state index < -0.39 is 0 Å². The minimum Gasteiger partial charge on any atom is -0.508 e. The van der Waals surface area contributed by atoms with Gasteiger partial charge in [0.05, 0.1) is 6.04 Å². The molecule has 1 N–H and O–H groups in total. The molecule has 2 aromatic rings. The normalized spacial score (nSPS) is 21.5. The fourth-order valence-electron chi connectivity index (χ4n) is 4.17. The van der Waals surface area contributed by atoms with Crippen LogP contribution in [-0.4, -0.2) is 45.0 Å². The molecule has 26 heavy (non-hydrogen) atoms. The Morgan fingerprint density at radius 1 is 1.23 bits per heavy atom. The maximum atomic E-state index is 10.2. The standard InChI is InChI=1S/C21H28N4O/c1-15-6-7-20(26)16(11-15)14-25-9-4-3-5-19(25)21-22-12-17-13-24(2)10-8-18(17)23-21/h6-7,11-12,19,26H,3-5,8-10,13-14H2,1-2H3/t19-/m1/s1. The average molecular weight is 352 g/mol. The van der Waals surface area contributed by atoms with Crippen LogP contribution >= 0.6 is 0 Å². The summed E-state index contributed by atoms with van der Waals surface area (Å²) in [6, 6.07) is 6.09. The highest BCUT2D eigenvalue weighted by molar-refractivity contribution is 5.35. The van der Waals surface area contributed by atoms with Gasteiger partial charge >= 0.3 is 0 Å². The van der Waals surface area contributed by atoms with Crippen LogP contribution in [0, 0.1) is 6.92 Å². The molecular weight excluding hydrogens is 324 g/mol. The minimum absolute atomic E-state index is 0.244. The summed E-state index contributed by atoms with van der Waals surface area (Å²) < 4.78 is 0. The molecule has 0 aliphatic carbocycles. The Morgan fingerprint density at radius 3 is 3.00 bits per heavy atom. The van der Waals surface area contributed by atoms with Crippen LogP contribution in [0.2, 0.25) is 0 Å². The average Bonchev–Trinajstić information content (AvgIpc) is 2.65. The molecule has 1 aromatic heterocycles. The summed E-state index contributed by atoms with van der Waals surface area (Å²) in [5.74, 6) is 1.34. The highest BCUT2D eigenvalue weighted by atomic mass is 16.3. The fraction of sp³-hybridized carbons (Fsp3) is 0.524. The van der Waals surface area contributed by atoms with Gasteiger partial charge in [-0.3, -0.25) is 4.90 Å². The monoisotopic (exact) mass is 352 g/mol. The molecule has 2 aliphatic rings. The lowest BCUT2D eigenvalue weighted by Gasteiger charge is -2.35. The lowest BCUT2D eigenvalue weighted by Crippen LogP contribution is -2.35. The van der Waals surface area contributed by atoms with Crippen LogP contribution < -0.4 is 0 Å². The van der Waals surface area contributed by atoms with E-state index in [0.717, 1.165) is 50.4 Å². The van der Waals surface area contributed by atoms with Crippen molar-refractivity contribution in [1.29, 1.82) is 0 Å². The van der Waals surface area contributed by atoms with Gasteiger partial charge in [-0.1, -0.05) is 24.1 Å². The van der Waals surface area contributed by atoms with E-state index in [9.17, 15) is 5.11 Å². The predicted molar refractivity (Wildman–Crippen MR) is 102 cm³/mol. The first kappa shape index (κ1) is 17.4. The third-order valence-corrected chi connectivity index (χ3v) is 5.66. The van der Waals surface area contributed by atoms with Gasteiger partial charge in [0, 0.05) is 49.1 Å². The summed E-state index contributed by atoms with van der Waals surface area (Å²) in [6.45, 7) is 5.86. The Hall–Kier alpha value is -1.98. The molecule has 0 unspecified atom stereocenters. The number of benzene rings is 1. The van der Waals surface area contributed by atoms with Gasteiger partial charge in [0.15, 0.2) is 0 Å². The van der Waals surface area contributed by atoms with Crippen LogP contribution in [0.4, 0.5) is 0 Å². The van der Waals surface area contributed by atoms with Gasteiger partial charge in [-0.05, 0) is 39.4 Å². The van der Waals surface area contributed by atoms with Crippen LogP contribution in [0.1, 0.15) is 53.5 Å². The molecule has 3 heterocycles. The Bertz CT molecular complexity index is 792. The lowest BCUT2D eigenvalue weighted by molar-refractivity contribution is 0.132. The summed E-state index contributed by atoms with van der Waals surface area (Å²) in [7, 11) is 2.15. The quantitative estimate of drug-likeness (QED) is 0.919. The van der Waals surface area contributed by atoms with Crippen molar-refractivity contribution < 1.29 is 5.11 Å². The molecule has 138 valence electrons. The number of phenols is 1. The molecule has 0 saturated carbocycles. The van der Waals surface area contributed by atoms with Gasteiger partial charge in [-0.15, -0.1) is 0 Å². The lowest BCUT2D eigenvalue weighted by atomic mass is 9.99. The van der Waals surface area contributed by atoms with Crippen LogP contribution in [0.25, 0.3) is 0 Å². The number of rotatable bonds is 3. The van der Waals surface area contributed by atoms with Crippen molar-refractivity contribution in [1.82, 2.24) is 19.8 Å². The molecule has 4 rings (SSSR count). The molecule has 2 aliphatic heterocycles. The SMILES string of the molecule is Cc1ccc(O)c(CN2CCCC[C@@H]2c2ncc3c(n2)CCN(C)C3)c1. The number of aryl methyl sites for hydroxylation is 1. The molecule has 0 amide bonds. The molecule has 1 fully saturated rings. The maximum Gasteiger partial charge on any atom is 0.145 e. The molecule has 0 spiro atoms. The van der Waals surface area contributed by atoms with E-state index in [4.69, 9.17) is 9.97 Å². The number of fused-ring (bicyclic) bond motifs is 1. The third-order valence-electron chi connectivity index (χ3n) is 5.66. The van der Waals surface area contributed by atoms with Crippen molar-refractivity contribution >= 4 is 0 Å². The van der Waals surface area contributed by atoms with E-state index in [2.05, 4.69) is 29.8 Å². The highest BCUT2D eigenvalue weighted by Gasteiger charge is 2.28. The van der Waals surface area contributed by atoms with Crippen molar-refractivity contribution in [3.63, 3.8) is 0 Å². The summed E-state index contributed by atoms with van der Waals surface area (Å²) in [5, 5.41) is 10.2. The zero-order valence-electron chi connectivity index (χ0n) is 15.8. The van der Waals surface area contributed by atoms with Crippen molar-refractivity contribution in [3.05, 3.63) is 52.6 Å². The number of hydrogen-bond acceptors (Lipinski definition) is 5. The molecule has 0 radical (unpaired) electrons. The molecular formula is C21H28N4O. The second kappa shape index (κ2) is 7.33. The maximum absolute atomic E-state index is 10.2. The summed E-state index contributed by atoms with van der Waals surface area (Å²) in [4.78, 5) is 14.5. The number of piperidine rings is 1. The van der Waals surface area contributed by atoms with Crippen molar-refractivity contribution in [3.8, 4) is 5.75 Å². The van der Waals surface area contributed by atoms with Gasteiger partial charge in [0.1, 0.15) is 11.6 Å². The van der Waals surface area contributed by atoms with E-state index >= 15 is 0 Å². The van der Waals surface area contributed by atoms with E-state index in [0.29, 0.717) is 5.75 Å². The summed E-state index contributed by atoms with van der Waals surface area (Å²) >= 11 is 0. The van der Waals surface area contributed by atoms with Gasteiger partial charge < -0.3 is 10.0 Å². The zero-order chi connectivity index (χ0) is 18.1. The molecule has 1 atom stereocenters. The predicted octanol–water partition coefficient (Wildman–Crippen LogP) is 3.21. The first-order chi connectivity index (χ1) is 12.6. The van der Waals surface area contributed by atoms with Gasteiger partial charge in [0.25, 0.3) is 0 Å². The topological polar surface area (TPSA) is 52.5 Å². The number of aromatic hydroxyl groups is 1. The van der Waals surface area contributed by atoms with Crippen molar-refractivity contribution in [2.45, 2.75) is 51.7 Å². The largest absolute Gasteiger partial charge is 0.508 e. The number of likely N-dealkylation sites (N-methyl/N-ethyl adjacent to an activating group) is 1. The van der Waals surface area contributed by atoms with E-state index in [1.807, 2.05) is 12.3 Å². The molecule has 0 bridgehead atoms. The first-order valence-corrected chi connectivity index (χ1v) is 9.66. The van der Waals surface area contributed by atoms with Crippen LogP contribution in [-0.2, 0) is 19.5 Å². The number of likely N-dealkylation sites (tertiary alicyclic amines) is 1. The Labute approximate surface area is 155 Å². The Balaban J connectivity index is 1.59. The Morgan fingerprint density at radius 2 is 2.12 bits per heavy atom. The second-order valence-electron chi connectivity index (χ2n) is 7.80. The fourth-order valence-corrected chi connectivity index (χ4v) is 4.17. The second-order valence-corrected chi connectivity index (χ2v) is 7.80. The molecule has 1 saturated heterocycles. The van der Waals surface area contributed by atoms with Crippen LogP contribution in [0.3, 0.4) is 0 Å². The number of phenolic OH excluding ortho intramolecular Hbond substituents is 1. The smallest absolute Gasteiger partial charge is 0.145 e. The summed E-state index contributed by atoms with van der Waals surface area (Å²) in [5.41, 5.74) is 4.66. The number of aromatic nitrogens is 2. The Kier molecular flexibility index (Phi) is 4.92. The van der Waals surface area contributed by atoms with Gasteiger partial charge in [0.2, 0.25) is 0 Å². The van der Waals surface area contributed by atoms with E-state index in [-0.39, 0.29) is 6.04 Å². The van der Waals surface area contributed by atoms with E-state index in [1.54, 1.807) is 6.07 Å². The number of nitrogens with zero attached hydrogens (tertiary/aromatic N) is 4. The molecule has 5 nitrogen and oxygen atoms in total. The third kappa shape index (κ3) is 3.60. The zero-order valence-corrected chi connectivity index (χ0v) is 15.8. The first-order valence-electron chi connectivity index (χ1n) is 9.66. The van der Waals surface area contributed by atoms with Gasteiger partial charge in [-0.25, -0.2) is 9.97 Å². The van der Waals surface area contributed by atoms with Gasteiger partial charge in [-0.2, -0.15) is 0 Å². The summed E-state index contributed by atoms with van der Waals surface area (Å²) in [6.07, 6.45) is 6.53. The van der Waals surface area contributed by atoms with E-state index in [1.165, 1.54) is 29.7 Å². The highest BCUT2D eigenvalue weighted by Crippen LogP contribution is 2.32. The van der Waals surface area contributed by atoms with Crippen molar-refractivity contribution in [2.75, 3.05) is 20.1 Å².